The van der Waals surface area contributed by atoms with Crippen LogP contribution in [-0.4, -0.2) is 9.97 Å². The first-order chi connectivity index (χ1) is 11.2. The third kappa shape index (κ3) is 2.51. The number of hydrogen-bond acceptors (Lipinski definition) is 3. The number of hydrogen-bond donors (Lipinski definition) is 0. The van der Waals surface area contributed by atoms with Crippen molar-refractivity contribution in [1.82, 2.24) is 9.97 Å². The van der Waals surface area contributed by atoms with Crippen molar-refractivity contribution in [2.75, 3.05) is 0 Å². The van der Waals surface area contributed by atoms with Crippen molar-refractivity contribution in [3.8, 4) is 22.4 Å². The van der Waals surface area contributed by atoms with Gasteiger partial charge in [-0.2, -0.15) is 0 Å². The number of fused-ring (bicyclic) bond motifs is 1. The molecule has 0 saturated heterocycles. The Morgan fingerprint density at radius 1 is 0.957 bits per heavy atom. The van der Waals surface area contributed by atoms with Crippen molar-refractivity contribution in [1.29, 1.82) is 0 Å². The van der Waals surface area contributed by atoms with Gasteiger partial charge in [0.1, 0.15) is 5.82 Å². The topological polar surface area (TPSA) is 25.8 Å². The highest BCUT2D eigenvalue weighted by molar-refractivity contribution is 7.16. The van der Waals surface area contributed by atoms with Crippen LogP contribution in [0.5, 0.6) is 0 Å². The number of nitrogens with zero attached hydrogens (tertiary/aromatic N) is 2. The Labute approximate surface area is 137 Å². The summed E-state index contributed by atoms with van der Waals surface area (Å²) in [5, 5.41) is 0. The molecule has 4 aromatic rings. The highest BCUT2D eigenvalue weighted by atomic mass is 32.1. The third-order valence-corrected chi connectivity index (χ3v) is 4.69. The van der Waals surface area contributed by atoms with E-state index in [2.05, 4.69) is 28.2 Å². The predicted octanol–water partition coefficient (Wildman–Crippen LogP) is 5.47. The maximum absolute atomic E-state index is 13.5. The van der Waals surface area contributed by atoms with Crippen LogP contribution < -0.4 is 0 Å². The third-order valence-electron chi connectivity index (χ3n) is 3.88. The van der Waals surface area contributed by atoms with Gasteiger partial charge in [-0.05, 0) is 54.4 Å². The van der Waals surface area contributed by atoms with E-state index < -0.39 is 0 Å². The van der Waals surface area contributed by atoms with E-state index in [4.69, 9.17) is 0 Å². The molecule has 2 aromatic carbocycles. The fourth-order valence-electron chi connectivity index (χ4n) is 2.69. The quantitative estimate of drug-likeness (QED) is 0.489. The maximum atomic E-state index is 13.5. The molecule has 4 heteroatoms. The fraction of sp³-hybridized carbons (Fsp3) is 0.0526. The molecular weight excluding hydrogens is 307 g/mol. The molecule has 2 aromatic heterocycles. The van der Waals surface area contributed by atoms with Gasteiger partial charge in [0.05, 0.1) is 21.4 Å². The number of aryl methyl sites for hydroxylation is 1. The first-order valence-corrected chi connectivity index (χ1v) is 8.15. The monoisotopic (exact) mass is 320 g/mol. The Hall–Kier alpha value is -2.59. The normalized spacial score (nSPS) is 11.0. The predicted molar refractivity (Wildman–Crippen MR) is 93.0 cm³/mol. The minimum Gasteiger partial charge on any atom is -0.256 e. The minimum absolute atomic E-state index is 0.199. The van der Waals surface area contributed by atoms with Gasteiger partial charge in [-0.25, -0.2) is 9.37 Å². The number of benzene rings is 2. The molecule has 2 heterocycles. The average molecular weight is 320 g/mol. The number of halogens is 1. The summed E-state index contributed by atoms with van der Waals surface area (Å²) in [6.07, 6.45) is 1.76. The number of thiazole rings is 1. The van der Waals surface area contributed by atoms with E-state index in [-0.39, 0.29) is 5.82 Å². The van der Waals surface area contributed by atoms with Crippen LogP contribution in [0.4, 0.5) is 4.39 Å². The lowest BCUT2D eigenvalue weighted by Gasteiger charge is -2.10. The van der Waals surface area contributed by atoms with E-state index >= 15 is 0 Å². The molecule has 112 valence electrons. The molecule has 0 N–H and O–H groups in total. The van der Waals surface area contributed by atoms with Crippen molar-refractivity contribution < 1.29 is 4.39 Å². The van der Waals surface area contributed by atoms with Gasteiger partial charge in [0.25, 0.3) is 0 Å². The molecule has 0 aliphatic heterocycles. The van der Waals surface area contributed by atoms with Crippen molar-refractivity contribution in [3.63, 3.8) is 0 Å². The lowest BCUT2D eigenvalue weighted by Crippen LogP contribution is -1.91. The zero-order valence-corrected chi connectivity index (χ0v) is 13.3. The second kappa shape index (κ2) is 5.56. The van der Waals surface area contributed by atoms with Crippen molar-refractivity contribution >= 4 is 21.6 Å². The molecule has 0 unspecified atom stereocenters. The zero-order valence-electron chi connectivity index (χ0n) is 12.5. The van der Waals surface area contributed by atoms with E-state index in [9.17, 15) is 4.39 Å². The van der Waals surface area contributed by atoms with Gasteiger partial charge in [0.2, 0.25) is 0 Å². The Kier molecular flexibility index (Phi) is 3.39. The van der Waals surface area contributed by atoms with Gasteiger partial charge < -0.3 is 0 Å². The summed E-state index contributed by atoms with van der Waals surface area (Å²) in [5.74, 6) is -0.199. The molecule has 0 bridgehead atoms. The van der Waals surface area contributed by atoms with Crippen LogP contribution in [0.2, 0.25) is 0 Å². The summed E-state index contributed by atoms with van der Waals surface area (Å²) < 4.78 is 14.7. The lowest BCUT2D eigenvalue weighted by atomic mass is 9.98. The number of rotatable bonds is 2. The summed E-state index contributed by atoms with van der Waals surface area (Å²) >= 11 is 1.63. The van der Waals surface area contributed by atoms with Crippen LogP contribution in [0.1, 0.15) is 5.56 Å². The number of aromatic nitrogens is 2. The average Bonchev–Trinajstić information content (AvgIpc) is 3.05. The number of pyridine rings is 1. The molecule has 0 aliphatic carbocycles. The summed E-state index contributed by atoms with van der Waals surface area (Å²) in [7, 11) is 0. The van der Waals surface area contributed by atoms with Crippen molar-refractivity contribution in [3.05, 3.63) is 71.6 Å². The highest BCUT2D eigenvalue weighted by Gasteiger charge is 2.11. The van der Waals surface area contributed by atoms with E-state index in [0.717, 1.165) is 32.6 Å². The Balaban J connectivity index is 1.90. The molecule has 23 heavy (non-hydrogen) atoms. The fourth-order valence-corrected chi connectivity index (χ4v) is 3.34. The smallest absolute Gasteiger partial charge is 0.126 e. The lowest BCUT2D eigenvalue weighted by molar-refractivity contribution is 0.619. The van der Waals surface area contributed by atoms with Gasteiger partial charge in [-0.15, -0.1) is 11.3 Å². The summed E-state index contributed by atoms with van der Waals surface area (Å²) in [4.78, 5) is 8.91. The first kappa shape index (κ1) is 14.0. The van der Waals surface area contributed by atoms with Gasteiger partial charge in [-0.3, -0.25) is 4.98 Å². The molecule has 0 radical (unpaired) electrons. The summed E-state index contributed by atoms with van der Waals surface area (Å²) in [5.41, 5.74) is 7.30. The molecule has 0 atom stereocenters. The van der Waals surface area contributed by atoms with Crippen molar-refractivity contribution in [2.24, 2.45) is 0 Å². The standard InChI is InChI=1S/C19H13FN2S/c1-12-9-14(4-6-16(12)20)19-15(3-2-8-21-19)13-5-7-18-17(10-13)22-11-23-18/h2-11H,1H3. The Morgan fingerprint density at radius 2 is 1.83 bits per heavy atom. The molecule has 2 nitrogen and oxygen atoms in total. The first-order valence-electron chi connectivity index (χ1n) is 7.27. The summed E-state index contributed by atoms with van der Waals surface area (Å²) in [6, 6.07) is 15.3. The largest absolute Gasteiger partial charge is 0.256 e. The highest BCUT2D eigenvalue weighted by Crippen LogP contribution is 2.33. The van der Waals surface area contributed by atoms with Crippen molar-refractivity contribution in [2.45, 2.75) is 6.92 Å². The SMILES string of the molecule is Cc1cc(-c2ncccc2-c2ccc3scnc3c2)ccc1F. The molecular formula is C19H13FN2S. The van der Waals surface area contributed by atoms with Crippen LogP contribution >= 0.6 is 11.3 Å². The van der Waals surface area contributed by atoms with E-state index in [1.54, 1.807) is 30.5 Å². The Morgan fingerprint density at radius 3 is 2.70 bits per heavy atom. The molecule has 0 fully saturated rings. The molecule has 0 aliphatic rings. The van der Waals surface area contributed by atoms with Crippen LogP contribution in [0.3, 0.4) is 0 Å². The van der Waals surface area contributed by atoms with Gasteiger partial charge in [0, 0.05) is 17.3 Å². The Bertz CT molecular complexity index is 1010. The maximum Gasteiger partial charge on any atom is 0.126 e. The molecule has 0 saturated carbocycles. The van der Waals surface area contributed by atoms with Crippen LogP contribution in [0, 0.1) is 12.7 Å². The second-order valence-electron chi connectivity index (χ2n) is 5.40. The van der Waals surface area contributed by atoms with E-state index in [1.165, 1.54) is 6.07 Å². The van der Waals surface area contributed by atoms with Crippen LogP contribution in [0.25, 0.3) is 32.6 Å². The van der Waals surface area contributed by atoms with Gasteiger partial charge in [-0.1, -0.05) is 12.1 Å². The summed E-state index contributed by atoms with van der Waals surface area (Å²) in [6.45, 7) is 1.77. The minimum atomic E-state index is -0.199. The van der Waals surface area contributed by atoms with E-state index in [1.807, 2.05) is 23.7 Å². The van der Waals surface area contributed by atoms with Gasteiger partial charge in [0.15, 0.2) is 0 Å². The second-order valence-corrected chi connectivity index (χ2v) is 6.28. The molecule has 0 spiro atoms. The molecule has 0 amide bonds. The van der Waals surface area contributed by atoms with E-state index in [0.29, 0.717) is 5.56 Å². The van der Waals surface area contributed by atoms with Gasteiger partial charge >= 0.3 is 0 Å². The van der Waals surface area contributed by atoms with Crippen LogP contribution in [-0.2, 0) is 0 Å². The zero-order chi connectivity index (χ0) is 15.8. The molecule has 4 rings (SSSR count). The van der Waals surface area contributed by atoms with Crippen LogP contribution in [0.15, 0.2) is 60.2 Å².